The number of nitrogens with one attached hydrogen (secondary N) is 1. The van der Waals surface area contributed by atoms with Gasteiger partial charge < -0.3 is 5.32 Å². The Hall–Kier alpha value is -1.88. The molecule has 0 heterocycles. The van der Waals surface area contributed by atoms with Gasteiger partial charge >= 0.3 is 6.18 Å². The van der Waals surface area contributed by atoms with Crippen LogP contribution in [0.1, 0.15) is 10.4 Å². The smallest absolute Gasteiger partial charge is 0.343 e. The number of benzene rings is 1. The lowest BCUT2D eigenvalue weighted by atomic mass is 10.2. The Morgan fingerprint density at radius 1 is 1.33 bits per heavy atom. The lowest BCUT2D eigenvalue weighted by Crippen LogP contribution is -2.33. The highest BCUT2D eigenvalue weighted by molar-refractivity contribution is 8.13. The molecule has 0 aliphatic heterocycles. The second kappa shape index (κ2) is 5.85. The van der Waals surface area contributed by atoms with Crippen LogP contribution >= 0.6 is 10.7 Å². The van der Waals surface area contributed by atoms with E-state index in [9.17, 15) is 36.5 Å². The van der Waals surface area contributed by atoms with E-state index in [1.807, 2.05) is 0 Å². The Labute approximate surface area is 120 Å². The molecular formula is C9H6ClF3N2O5S. The van der Waals surface area contributed by atoms with E-state index < -0.39 is 48.7 Å². The van der Waals surface area contributed by atoms with Crippen molar-refractivity contribution >= 4 is 31.3 Å². The fourth-order valence-electron chi connectivity index (χ4n) is 1.24. The van der Waals surface area contributed by atoms with Gasteiger partial charge in [-0.15, -0.1) is 0 Å². The predicted molar refractivity (Wildman–Crippen MR) is 64.5 cm³/mol. The van der Waals surface area contributed by atoms with Crippen LogP contribution in [0.15, 0.2) is 23.1 Å². The molecule has 0 aliphatic carbocycles. The molecule has 21 heavy (non-hydrogen) atoms. The monoisotopic (exact) mass is 346 g/mol. The minimum absolute atomic E-state index is 0.586. The largest absolute Gasteiger partial charge is 0.405 e. The first-order valence-electron chi connectivity index (χ1n) is 4.99. The predicted octanol–water partition coefficient (Wildman–Crippen LogP) is 1.81. The number of carbonyl (C=O) groups is 1. The zero-order valence-electron chi connectivity index (χ0n) is 9.85. The third kappa shape index (κ3) is 5.19. The van der Waals surface area contributed by atoms with Crippen molar-refractivity contribution in [3.8, 4) is 0 Å². The van der Waals surface area contributed by atoms with E-state index in [0.717, 1.165) is 0 Å². The molecule has 0 saturated heterocycles. The number of nitro groups is 1. The lowest BCUT2D eigenvalue weighted by molar-refractivity contribution is -0.385. The van der Waals surface area contributed by atoms with Gasteiger partial charge in [0.2, 0.25) is 0 Å². The van der Waals surface area contributed by atoms with Gasteiger partial charge in [-0.1, -0.05) is 0 Å². The molecule has 7 nitrogen and oxygen atoms in total. The summed E-state index contributed by atoms with van der Waals surface area (Å²) in [6, 6.07) is 1.86. The summed E-state index contributed by atoms with van der Waals surface area (Å²) in [4.78, 5) is 20.3. The van der Waals surface area contributed by atoms with Crippen LogP contribution in [0.25, 0.3) is 0 Å². The second-order valence-corrected chi connectivity index (χ2v) is 6.27. The zero-order chi connectivity index (χ0) is 16.4. The summed E-state index contributed by atoms with van der Waals surface area (Å²) >= 11 is 0. The van der Waals surface area contributed by atoms with Gasteiger partial charge in [-0.3, -0.25) is 14.9 Å². The quantitative estimate of drug-likeness (QED) is 0.508. The maximum atomic E-state index is 12.0. The number of hydrogen-bond acceptors (Lipinski definition) is 5. The molecule has 0 bridgehead atoms. The number of non-ortho nitro benzene ring substituents is 1. The zero-order valence-corrected chi connectivity index (χ0v) is 11.4. The van der Waals surface area contributed by atoms with Crippen LogP contribution < -0.4 is 5.32 Å². The van der Waals surface area contributed by atoms with E-state index in [-0.39, 0.29) is 0 Å². The first-order valence-corrected chi connectivity index (χ1v) is 7.30. The molecule has 0 unspecified atom stereocenters. The first kappa shape index (κ1) is 17.2. The molecule has 0 spiro atoms. The molecule has 116 valence electrons. The number of nitro benzene ring substituents is 1. The van der Waals surface area contributed by atoms with Gasteiger partial charge in [-0.05, 0) is 6.07 Å². The van der Waals surface area contributed by atoms with Crippen LogP contribution in [-0.2, 0) is 9.05 Å². The number of halogens is 4. The van der Waals surface area contributed by atoms with Gasteiger partial charge in [0.25, 0.3) is 20.6 Å². The third-order valence-corrected chi connectivity index (χ3v) is 3.43. The third-order valence-electron chi connectivity index (χ3n) is 2.10. The first-order chi connectivity index (χ1) is 9.40. The summed E-state index contributed by atoms with van der Waals surface area (Å²) in [6.45, 7) is -1.67. The summed E-state index contributed by atoms with van der Waals surface area (Å²) in [5.41, 5.74) is -1.43. The molecule has 1 N–H and O–H groups in total. The van der Waals surface area contributed by atoms with Gasteiger partial charge in [0.1, 0.15) is 6.54 Å². The summed E-state index contributed by atoms with van der Waals surface area (Å²) in [7, 11) is 0.607. The van der Waals surface area contributed by atoms with Crippen molar-refractivity contribution in [1.82, 2.24) is 5.32 Å². The van der Waals surface area contributed by atoms with Gasteiger partial charge in [0.15, 0.2) is 0 Å². The number of amides is 1. The van der Waals surface area contributed by atoms with Gasteiger partial charge in [0.05, 0.1) is 9.82 Å². The van der Waals surface area contributed by atoms with E-state index in [1.54, 1.807) is 0 Å². The Morgan fingerprint density at radius 2 is 1.90 bits per heavy atom. The topological polar surface area (TPSA) is 106 Å². The number of hydrogen-bond donors (Lipinski definition) is 1. The fraction of sp³-hybridized carbons (Fsp3) is 0.222. The molecular weight excluding hydrogens is 341 g/mol. The lowest BCUT2D eigenvalue weighted by Gasteiger charge is -2.08. The summed E-state index contributed by atoms with van der Waals surface area (Å²) in [6.07, 6.45) is -4.68. The molecule has 1 rings (SSSR count). The summed E-state index contributed by atoms with van der Waals surface area (Å²) in [5.74, 6) is -1.32. The molecule has 0 atom stereocenters. The number of alkyl halides is 3. The van der Waals surface area contributed by atoms with E-state index >= 15 is 0 Å². The number of carbonyl (C=O) groups excluding carboxylic acids is 1. The van der Waals surface area contributed by atoms with Crippen molar-refractivity contribution in [2.24, 2.45) is 0 Å². The minimum atomic E-state index is -4.68. The second-order valence-electron chi connectivity index (χ2n) is 3.71. The van der Waals surface area contributed by atoms with Crippen molar-refractivity contribution < 1.29 is 31.3 Å². The van der Waals surface area contributed by atoms with Crippen molar-refractivity contribution in [3.05, 3.63) is 33.9 Å². The molecule has 0 aromatic heterocycles. The Bertz CT molecular complexity index is 689. The van der Waals surface area contributed by atoms with Gasteiger partial charge in [-0.2, -0.15) is 13.2 Å². The van der Waals surface area contributed by atoms with E-state index in [2.05, 4.69) is 0 Å². The Kier molecular flexibility index (Phi) is 4.79. The van der Waals surface area contributed by atoms with Gasteiger partial charge in [0, 0.05) is 28.4 Å². The van der Waals surface area contributed by atoms with E-state index in [1.165, 1.54) is 5.32 Å². The van der Waals surface area contributed by atoms with Crippen LogP contribution in [-0.4, -0.2) is 32.0 Å². The molecule has 0 saturated carbocycles. The fourth-order valence-corrected chi connectivity index (χ4v) is 2.04. The van der Waals surface area contributed by atoms with E-state index in [0.29, 0.717) is 18.2 Å². The summed E-state index contributed by atoms with van der Waals surface area (Å²) in [5, 5.41) is 12.1. The van der Waals surface area contributed by atoms with E-state index in [4.69, 9.17) is 10.7 Å². The minimum Gasteiger partial charge on any atom is -0.343 e. The Morgan fingerprint density at radius 3 is 2.33 bits per heavy atom. The van der Waals surface area contributed by atoms with Crippen molar-refractivity contribution in [2.45, 2.75) is 11.1 Å². The standard InChI is InChI=1S/C9H6ClF3N2O5S/c10-21(19,20)7-2-5(1-6(3-7)15(17)18)8(16)14-4-9(11,12)13/h1-3H,4H2,(H,14,16). The van der Waals surface area contributed by atoms with Crippen molar-refractivity contribution in [2.75, 3.05) is 6.54 Å². The highest BCUT2D eigenvalue weighted by Crippen LogP contribution is 2.23. The highest BCUT2D eigenvalue weighted by Gasteiger charge is 2.28. The van der Waals surface area contributed by atoms with Crippen molar-refractivity contribution in [1.29, 1.82) is 0 Å². The van der Waals surface area contributed by atoms with Crippen LogP contribution in [0.2, 0.25) is 0 Å². The van der Waals surface area contributed by atoms with Gasteiger partial charge in [-0.25, -0.2) is 8.42 Å². The average Bonchev–Trinajstić information content (AvgIpc) is 2.33. The van der Waals surface area contributed by atoms with Crippen LogP contribution in [0.5, 0.6) is 0 Å². The molecule has 0 radical (unpaired) electrons. The maximum absolute atomic E-state index is 12.0. The van der Waals surface area contributed by atoms with Crippen molar-refractivity contribution in [3.63, 3.8) is 0 Å². The normalized spacial score (nSPS) is 12.0. The maximum Gasteiger partial charge on any atom is 0.405 e. The SMILES string of the molecule is O=C(NCC(F)(F)F)c1cc([N+](=O)[O-])cc(S(=O)(=O)Cl)c1. The number of nitrogens with zero attached hydrogens (tertiary/aromatic N) is 1. The average molecular weight is 347 g/mol. The summed E-state index contributed by atoms with van der Waals surface area (Å²) < 4.78 is 58.2. The Balaban J connectivity index is 3.20. The molecule has 12 heteroatoms. The molecule has 1 aromatic carbocycles. The molecule has 1 amide bonds. The molecule has 1 aromatic rings. The molecule has 0 fully saturated rings. The van der Waals surface area contributed by atoms with Crippen LogP contribution in [0, 0.1) is 10.1 Å². The van der Waals surface area contributed by atoms with Crippen LogP contribution in [0.3, 0.4) is 0 Å². The molecule has 0 aliphatic rings. The number of rotatable bonds is 4. The van der Waals surface area contributed by atoms with Crippen LogP contribution in [0.4, 0.5) is 18.9 Å². The highest BCUT2D eigenvalue weighted by atomic mass is 35.7.